The first-order valence-electron chi connectivity index (χ1n) is 12.9. The van der Waals surface area contributed by atoms with Crippen molar-refractivity contribution in [2.45, 2.75) is 32.4 Å². The third-order valence-electron chi connectivity index (χ3n) is 7.03. The van der Waals surface area contributed by atoms with Gasteiger partial charge in [0.1, 0.15) is 21.3 Å². The SMILES string of the molecule is CCNc1cc2c(cc1C)C1(S/C(=N/N=C/c3cccs3)c3ccccc31)c1cc(C)c(NCC)cc1O2. The van der Waals surface area contributed by atoms with Crippen LogP contribution in [0.5, 0.6) is 11.5 Å². The maximum Gasteiger partial charge on any atom is 0.134 e. The fourth-order valence-corrected chi connectivity index (χ4v) is 7.40. The molecule has 6 rings (SSSR count). The first kappa shape index (κ1) is 24.8. The second-order valence-electron chi connectivity index (χ2n) is 9.48. The number of benzene rings is 3. The van der Waals surface area contributed by atoms with Crippen LogP contribution in [0.4, 0.5) is 11.4 Å². The van der Waals surface area contributed by atoms with Crippen molar-refractivity contribution in [1.82, 2.24) is 0 Å². The Kier molecular flexibility index (Phi) is 6.50. The molecule has 38 heavy (non-hydrogen) atoms. The van der Waals surface area contributed by atoms with E-state index in [0.717, 1.165) is 62.6 Å². The summed E-state index contributed by atoms with van der Waals surface area (Å²) < 4.78 is 6.17. The second kappa shape index (κ2) is 9.97. The minimum Gasteiger partial charge on any atom is -0.456 e. The summed E-state index contributed by atoms with van der Waals surface area (Å²) in [5, 5.41) is 19.2. The van der Waals surface area contributed by atoms with E-state index < -0.39 is 4.75 Å². The van der Waals surface area contributed by atoms with E-state index in [-0.39, 0.29) is 0 Å². The van der Waals surface area contributed by atoms with Gasteiger partial charge in [-0.3, -0.25) is 0 Å². The first-order chi connectivity index (χ1) is 18.5. The summed E-state index contributed by atoms with van der Waals surface area (Å²) >= 11 is 3.41. The third-order valence-corrected chi connectivity index (χ3v) is 9.30. The lowest BCUT2D eigenvalue weighted by molar-refractivity contribution is 0.448. The van der Waals surface area contributed by atoms with Gasteiger partial charge in [0.15, 0.2) is 0 Å². The number of fused-ring (bicyclic) bond motifs is 6. The normalized spacial score (nSPS) is 15.8. The van der Waals surface area contributed by atoms with Crippen LogP contribution in [-0.4, -0.2) is 24.3 Å². The molecule has 192 valence electrons. The van der Waals surface area contributed by atoms with Crippen LogP contribution in [0.15, 0.2) is 76.2 Å². The van der Waals surface area contributed by atoms with Crippen LogP contribution < -0.4 is 15.4 Å². The van der Waals surface area contributed by atoms with Crippen molar-refractivity contribution >= 4 is 45.7 Å². The molecule has 0 saturated heterocycles. The van der Waals surface area contributed by atoms with E-state index in [4.69, 9.17) is 9.84 Å². The predicted molar refractivity (Wildman–Crippen MR) is 163 cm³/mol. The molecule has 1 spiro atoms. The van der Waals surface area contributed by atoms with Crippen LogP contribution in [0, 0.1) is 13.8 Å². The number of rotatable bonds is 6. The standard InChI is InChI=1S/C31H30N4OS2/c1-5-32-26-16-28-24(14-19(26)3)31(25-15-20(4)27(33-6-2)17-29(25)36-28)23-12-8-7-11-22(23)30(38-31)35-34-18-21-10-9-13-37-21/h7-18,32-33H,5-6H2,1-4H3/b34-18+,35-30+. The van der Waals surface area contributed by atoms with Gasteiger partial charge in [-0.05, 0) is 68.0 Å². The molecule has 0 aliphatic carbocycles. The molecule has 3 heterocycles. The Morgan fingerprint density at radius 3 is 2.11 bits per heavy atom. The van der Waals surface area contributed by atoms with Gasteiger partial charge in [0.25, 0.3) is 0 Å². The van der Waals surface area contributed by atoms with E-state index >= 15 is 0 Å². The Morgan fingerprint density at radius 1 is 0.842 bits per heavy atom. The molecule has 7 heteroatoms. The van der Waals surface area contributed by atoms with Gasteiger partial charge >= 0.3 is 0 Å². The fourth-order valence-electron chi connectivity index (χ4n) is 5.33. The molecular weight excluding hydrogens is 509 g/mol. The van der Waals surface area contributed by atoms with Gasteiger partial charge in [-0.25, -0.2) is 0 Å². The quantitative estimate of drug-likeness (QED) is 0.192. The second-order valence-corrected chi connectivity index (χ2v) is 11.7. The van der Waals surface area contributed by atoms with E-state index in [1.807, 2.05) is 23.7 Å². The highest BCUT2D eigenvalue weighted by Gasteiger charge is 2.51. The first-order valence-corrected chi connectivity index (χ1v) is 14.6. The molecule has 4 aromatic rings. The summed E-state index contributed by atoms with van der Waals surface area (Å²) in [5.41, 5.74) is 9.18. The van der Waals surface area contributed by atoms with Gasteiger partial charge in [0, 0.05) is 58.2 Å². The number of thiophene rings is 1. The maximum absolute atomic E-state index is 6.67. The van der Waals surface area contributed by atoms with Gasteiger partial charge in [-0.1, -0.05) is 42.1 Å². The van der Waals surface area contributed by atoms with Crippen LogP contribution in [0.1, 0.15) is 52.1 Å². The molecule has 0 unspecified atom stereocenters. The van der Waals surface area contributed by atoms with Crippen molar-refractivity contribution in [3.63, 3.8) is 0 Å². The van der Waals surface area contributed by atoms with Crippen LogP contribution in [0.2, 0.25) is 0 Å². The number of hydrogen-bond donors (Lipinski definition) is 2. The molecule has 0 amide bonds. The van der Waals surface area contributed by atoms with E-state index in [2.05, 4.69) is 92.0 Å². The number of aryl methyl sites for hydroxylation is 2. The summed E-state index contributed by atoms with van der Waals surface area (Å²) in [6.45, 7) is 10.2. The van der Waals surface area contributed by atoms with Gasteiger partial charge in [0.05, 0.1) is 6.21 Å². The zero-order chi connectivity index (χ0) is 26.3. The molecule has 5 nitrogen and oxygen atoms in total. The minimum atomic E-state index is -0.498. The molecule has 2 aliphatic rings. The molecule has 0 radical (unpaired) electrons. The largest absolute Gasteiger partial charge is 0.456 e. The molecule has 3 aromatic carbocycles. The van der Waals surface area contributed by atoms with Crippen molar-refractivity contribution in [2.24, 2.45) is 10.2 Å². The molecule has 0 atom stereocenters. The number of ether oxygens (including phenoxy) is 1. The van der Waals surface area contributed by atoms with Crippen molar-refractivity contribution in [3.05, 3.63) is 104 Å². The minimum absolute atomic E-state index is 0.498. The van der Waals surface area contributed by atoms with Gasteiger partial charge < -0.3 is 15.4 Å². The van der Waals surface area contributed by atoms with Crippen molar-refractivity contribution < 1.29 is 4.74 Å². The number of anilines is 2. The third kappa shape index (κ3) is 4.01. The highest BCUT2D eigenvalue weighted by atomic mass is 32.2. The Morgan fingerprint density at radius 2 is 1.50 bits per heavy atom. The fraction of sp³-hybridized carbons (Fsp3) is 0.226. The maximum atomic E-state index is 6.67. The van der Waals surface area contributed by atoms with Gasteiger partial charge in [0.2, 0.25) is 0 Å². The van der Waals surface area contributed by atoms with Gasteiger partial charge in [-0.2, -0.15) is 5.10 Å². The molecule has 0 saturated carbocycles. The molecule has 0 fully saturated rings. The summed E-state index contributed by atoms with van der Waals surface area (Å²) in [7, 11) is 0. The average molecular weight is 539 g/mol. The van der Waals surface area contributed by atoms with Crippen molar-refractivity contribution in [1.29, 1.82) is 0 Å². The number of nitrogens with one attached hydrogen (secondary N) is 2. The summed E-state index contributed by atoms with van der Waals surface area (Å²) in [6, 6.07) is 21.5. The van der Waals surface area contributed by atoms with Gasteiger partial charge in [-0.15, -0.1) is 16.4 Å². The van der Waals surface area contributed by atoms with E-state index in [1.54, 1.807) is 23.1 Å². The Bertz CT molecular complexity index is 1510. The van der Waals surface area contributed by atoms with Crippen molar-refractivity contribution in [2.75, 3.05) is 23.7 Å². The predicted octanol–water partition coefficient (Wildman–Crippen LogP) is 8.15. The highest BCUT2D eigenvalue weighted by Crippen LogP contribution is 2.63. The highest BCUT2D eigenvalue weighted by molar-refractivity contribution is 8.16. The summed E-state index contributed by atoms with van der Waals surface area (Å²) in [6.07, 6.45) is 1.83. The number of thioether (sulfide) groups is 1. The van der Waals surface area contributed by atoms with E-state index in [1.165, 1.54) is 16.7 Å². The van der Waals surface area contributed by atoms with Crippen molar-refractivity contribution in [3.8, 4) is 11.5 Å². The smallest absolute Gasteiger partial charge is 0.134 e. The monoisotopic (exact) mass is 538 g/mol. The number of hydrogen-bond acceptors (Lipinski definition) is 7. The Labute approximate surface area is 232 Å². The number of nitrogens with zero attached hydrogens (tertiary/aromatic N) is 2. The Balaban J connectivity index is 1.59. The lowest BCUT2D eigenvalue weighted by atomic mass is 9.79. The van der Waals surface area contributed by atoms with Crippen LogP contribution in [-0.2, 0) is 4.75 Å². The zero-order valence-corrected chi connectivity index (χ0v) is 23.6. The van der Waals surface area contributed by atoms with Crippen LogP contribution in [0.3, 0.4) is 0 Å². The lowest BCUT2D eigenvalue weighted by Crippen LogP contribution is -2.28. The zero-order valence-electron chi connectivity index (χ0n) is 22.0. The van der Waals surface area contributed by atoms with E-state index in [0.29, 0.717) is 0 Å². The lowest BCUT2D eigenvalue weighted by Gasteiger charge is -2.38. The Hall–Kier alpha value is -3.55. The van der Waals surface area contributed by atoms with E-state index in [9.17, 15) is 0 Å². The summed E-state index contributed by atoms with van der Waals surface area (Å²) in [5.74, 6) is 1.74. The van der Waals surface area contributed by atoms with Crippen LogP contribution in [0.25, 0.3) is 0 Å². The van der Waals surface area contributed by atoms with Crippen LogP contribution >= 0.6 is 23.1 Å². The molecular formula is C31H30N4OS2. The molecule has 2 aliphatic heterocycles. The average Bonchev–Trinajstić information content (AvgIpc) is 3.54. The molecule has 2 N–H and O–H groups in total. The topological polar surface area (TPSA) is 58.0 Å². The molecule has 0 bridgehead atoms. The summed E-state index contributed by atoms with van der Waals surface area (Å²) in [4.78, 5) is 1.08. The molecule has 1 aromatic heterocycles.